The summed E-state index contributed by atoms with van der Waals surface area (Å²) in [5.74, 6) is -0.488. The van der Waals surface area contributed by atoms with Crippen LogP contribution in [-0.4, -0.2) is 18.9 Å². The van der Waals surface area contributed by atoms with Crippen LogP contribution in [0, 0.1) is 18.3 Å². The van der Waals surface area contributed by atoms with Crippen molar-refractivity contribution in [1.82, 2.24) is 0 Å². The van der Waals surface area contributed by atoms with Crippen molar-refractivity contribution in [2.75, 3.05) is 6.61 Å². The summed E-state index contributed by atoms with van der Waals surface area (Å²) in [4.78, 5) is 22.2. The maximum atomic E-state index is 11.4. The third-order valence-corrected chi connectivity index (χ3v) is 2.12. The van der Waals surface area contributed by atoms with Gasteiger partial charge in [0.25, 0.3) is 0 Å². The average Bonchev–Trinajstić information content (AvgIpc) is 2.28. The number of hydrogen-bond acceptors (Lipinski definition) is 4. The second-order valence-corrected chi connectivity index (χ2v) is 3.21. The third kappa shape index (κ3) is 2.26. The molecule has 0 amide bonds. The summed E-state index contributed by atoms with van der Waals surface area (Å²) in [7, 11) is 0. The van der Waals surface area contributed by atoms with Crippen molar-refractivity contribution in [1.29, 1.82) is 5.26 Å². The highest BCUT2D eigenvalue weighted by Crippen LogP contribution is 2.15. The lowest BCUT2D eigenvalue weighted by Crippen LogP contribution is -2.07. The maximum Gasteiger partial charge on any atom is 0.338 e. The fourth-order valence-corrected chi connectivity index (χ4v) is 1.39. The number of carbonyl (C=O) groups excluding carboxylic acids is 2. The van der Waals surface area contributed by atoms with E-state index in [1.165, 1.54) is 6.07 Å². The molecule has 0 N–H and O–H groups in total. The summed E-state index contributed by atoms with van der Waals surface area (Å²) < 4.78 is 4.82. The summed E-state index contributed by atoms with van der Waals surface area (Å²) in [6, 6.07) is 4.85. The lowest BCUT2D eigenvalue weighted by molar-refractivity contribution is 0.0526. The molecule has 0 radical (unpaired) electrons. The lowest BCUT2D eigenvalue weighted by Gasteiger charge is -2.06. The van der Waals surface area contributed by atoms with E-state index in [0.29, 0.717) is 23.0 Å². The molecular formula is C12H11NO3. The van der Waals surface area contributed by atoms with E-state index in [2.05, 4.69) is 0 Å². The van der Waals surface area contributed by atoms with Crippen LogP contribution >= 0.6 is 0 Å². The molecule has 0 fully saturated rings. The number of nitriles is 1. The molecule has 0 bridgehead atoms. The summed E-state index contributed by atoms with van der Waals surface area (Å²) >= 11 is 0. The molecule has 1 aromatic carbocycles. The van der Waals surface area contributed by atoms with E-state index in [1.54, 1.807) is 19.9 Å². The van der Waals surface area contributed by atoms with Crippen molar-refractivity contribution in [2.24, 2.45) is 0 Å². The molecule has 0 aliphatic rings. The Hall–Kier alpha value is -2.15. The van der Waals surface area contributed by atoms with Gasteiger partial charge in [-0.3, -0.25) is 4.79 Å². The Kier molecular flexibility index (Phi) is 3.78. The topological polar surface area (TPSA) is 67.2 Å². The van der Waals surface area contributed by atoms with Gasteiger partial charge in [-0.05, 0) is 31.5 Å². The van der Waals surface area contributed by atoms with Crippen LogP contribution in [0.1, 0.15) is 38.8 Å². The molecule has 0 spiro atoms. The van der Waals surface area contributed by atoms with Crippen molar-refractivity contribution in [3.05, 3.63) is 34.4 Å². The number of aldehydes is 1. The Morgan fingerprint density at radius 3 is 2.75 bits per heavy atom. The molecule has 0 aromatic heterocycles. The maximum absolute atomic E-state index is 11.4. The SMILES string of the molecule is CCOC(=O)c1cc(C)c(C#N)c(C=O)c1. The first-order valence-corrected chi connectivity index (χ1v) is 4.81. The molecular weight excluding hydrogens is 206 g/mol. The molecule has 4 heteroatoms. The largest absolute Gasteiger partial charge is 0.462 e. The van der Waals surface area contributed by atoms with E-state index >= 15 is 0 Å². The molecule has 1 rings (SSSR count). The standard InChI is InChI=1S/C12H11NO3/c1-3-16-12(15)9-4-8(2)11(6-13)10(5-9)7-14/h4-5,7H,3H2,1-2H3. The summed E-state index contributed by atoms with van der Waals surface area (Å²) in [6.45, 7) is 3.65. The van der Waals surface area contributed by atoms with Gasteiger partial charge in [0.2, 0.25) is 0 Å². The van der Waals surface area contributed by atoms with E-state index in [-0.39, 0.29) is 12.2 Å². The third-order valence-electron chi connectivity index (χ3n) is 2.12. The molecule has 0 saturated heterocycles. The van der Waals surface area contributed by atoms with Crippen LogP contribution in [0.2, 0.25) is 0 Å². The number of benzene rings is 1. The quantitative estimate of drug-likeness (QED) is 0.572. The van der Waals surface area contributed by atoms with E-state index in [1.807, 2.05) is 6.07 Å². The second kappa shape index (κ2) is 5.08. The first-order valence-electron chi connectivity index (χ1n) is 4.81. The van der Waals surface area contributed by atoms with Gasteiger partial charge in [-0.2, -0.15) is 5.26 Å². The van der Waals surface area contributed by atoms with E-state index < -0.39 is 5.97 Å². The zero-order valence-corrected chi connectivity index (χ0v) is 9.11. The van der Waals surface area contributed by atoms with Gasteiger partial charge in [0, 0.05) is 5.56 Å². The molecule has 1 aromatic rings. The van der Waals surface area contributed by atoms with Crippen LogP contribution in [-0.2, 0) is 4.74 Å². The lowest BCUT2D eigenvalue weighted by atomic mass is 10.00. The summed E-state index contributed by atoms with van der Waals surface area (Å²) in [5, 5.41) is 8.84. The monoisotopic (exact) mass is 217 g/mol. The van der Waals surface area contributed by atoms with Crippen molar-refractivity contribution in [3.8, 4) is 6.07 Å². The fraction of sp³-hybridized carbons (Fsp3) is 0.250. The molecule has 0 aliphatic heterocycles. The van der Waals surface area contributed by atoms with E-state index in [4.69, 9.17) is 10.00 Å². The zero-order valence-electron chi connectivity index (χ0n) is 9.11. The average molecular weight is 217 g/mol. The molecule has 4 nitrogen and oxygen atoms in total. The number of nitrogens with zero attached hydrogens (tertiary/aromatic N) is 1. The van der Waals surface area contributed by atoms with Gasteiger partial charge in [0.05, 0.1) is 17.7 Å². The molecule has 0 unspecified atom stereocenters. The number of aryl methyl sites for hydroxylation is 1. The first-order chi connectivity index (χ1) is 7.63. The fourth-order valence-electron chi connectivity index (χ4n) is 1.39. The summed E-state index contributed by atoms with van der Waals surface area (Å²) in [6.07, 6.45) is 0.564. The Bertz CT molecular complexity index is 472. The van der Waals surface area contributed by atoms with Crippen LogP contribution < -0.4 is 0 Å². The van der Waals surface area contributed by atoms with E-state index in [0.717, 1.165) is 0 Å². The Morgan fingerprint density at radius 2 is 2.25 bits per heavy atom. The van der Waals surface area contributed by atoms with Gasteiger partial charge >= 0.3 is 5.97 Å². The number of hydrogen-bond donors (Lipinski definition) is 0. The van der Waals surface area contributed by atoms with Crippen molar-refractivity contribution >= 4 is 12.3 Å². The predicted octanol–water partition coefficient (Wildman–Crippen LogP) is 1.86. The van der Waals surface area contributed by atoms with Crippen molar-refractivity contribution in [2.45, 2.75) is 13.8 Å². The Labute approximate surface area is 93.5 Å². The van der Waals surface area contributed by atoms with Crippen LogP contribution in [0.15, 0.2) is 12.1 Å². The molecule has 0 aliphatic carbocycles. The number of carbonyl (C=O) groups is 2. The minimum Gasteiger partial charge on any atom is -0.462 e. The van der Waals surface area contributed by atoms with Crippen LogP contribution in [0.25, 0.3) is 0 Å². The molecule has 82 valence electrons. The smallest absolute Gasteiger partial charge is 0.338 e. The molecule has 0 atom stereocenters. The first kappa shape index (κ1) is 11.9. The van der Waals surface area contributed by atoms with Crippen LogP contribution in [0.4, 0.5) is 0 Å². The van der Waals surface area contributed by atoms with Gasteiger partial charge in [-0.25, -0.2) is 4.79 Å². The number of esters is 1. The van der Waals surface area contributed by atoms with Crippen LogP contribution in [0.5, 0.6) is 0 Å². The highest BCUT2D eigenvalue weighted by atomic mass is 16.5. The zero-order chi connectivity index (χ0) is 12.1. The molecule has 0 heterocycles. The van der Waals surface area contributed by atoms with Gasteiger partial charge in [0.1, 0.15) is 6.07 Å². The van der Waals surface area contributed by atoms with Crippen molar-refractivity contribution < 1.29 is 14.3 Å². The summed E-state index contributed by atoms with van der Waals surface area (Å²) in [5.41, 5.74) is 1.39. The highest BCUT2D eigenvalue weighted by molar-refractivity contribution is 5.93. The predicted molar refractivity (Wildman–Crippen MR) is 57.2 cm³/mol. The number of rotatable bonds is 3. The van der Waals surface area contributed by atoms with Gasteiger partial charge in [-0.1, -0.05) is 0 Å². The minimum atomic E-state index is -0.488. The number of ether oxygens (including phenoxy) is 1. The molecule has 16 heavy (non-hydrogen) atoms. The Balaban J connectivity index is 3.27. The van der Waals surface area contributed by atoms with Gasteiger partial charge < -0.3 is 4.74 Å². The van der Waals surface area contributed by atoms with Gasteiger partial charge in [-0.15, -0.1) is 0 Å². The van der Waals surface area contributed by atoms with Gasteiger partial charge in [0.15, 0.2) is 6.29 Å². The van der Waals surface area contributed by atoms with Crippen LogP contribution in [0.3, 0.4) is 0 Å². The normalized spacial score (nSPS) is 9.31. The highest BCUT2D eigenvalue weighted by Gasteiger charge is 2.12. The molecule has 0 saturated carbocycles. The minimum absolute atomic E-state index is 0.213. The second-order valence-electron chi connectivity index (χ2n) is 3.21. The Morgan fingerprint density at radius 1 is 1.56 bits per heavy atom. The van der Waals surface area contributed by atoms with Crippen molar-refractivity contribution in [3.63, 3.8) is 0 Å². The van der Waals surface area contributed by atoms with E-state index in [9.17, 15) is 9.59 Å².